The monoisotopic (exact) mass is 302 g/mol. The van der Waals surface area contributed by atoms with Gasteiger partial charge in [-0.2, -0.15) is 5.26 Å². The SMILES string of the molecule is Cc1ccc(O)c(NS(=O)(=O)c2cc(C#N)ccc2C)c1. The topological polar surface area (TPSA) is 90.2 Å². The van der Waals surface area contributed by atoms with E-state index in [1.165, 1.54) is 18.2 Å². The molecule has 108 valence electrons. The van der Waals surface area contributed by atoms with E-state index in [1.807, 2.05) is 6.07 Å². The molecule has 0 saturated carbocycles. The number of aryl methyl sites for hydroxylation is 2. The molecule has 0 amide bonds. The summed E-state index contributed by atoms with van der Waals surface area (Å²) >= 11 is 0. The number of nitrogens with one attached hydrogen (secondary N) is 1. The van der Waals surface area contributed by atoms with E-state index in [2.05, 4.69) is 4.72 Å². The van der Waals surface area contributed by atoms with Crippen molar-refractivity contribution in [2.75, 3.05) is 4.72 Å². The lowest BCUT2D eigenvalue weighted by Gasteiger charge is -2.12. The standard InChI is InChI=1S/C15H14N2O3S/c1-10-3-6-14(18)13(7-10)17-21(19,20)15-8-12(9-16)5-4-11(15)2/h3-8,17-18H,1-2H3. The fourth-order valence-electron chi connectivity index (χ4n) is 1.89. The molecule has 0 heterocycles. The number of hydrogen-bond acceptors (Lipinski definition) is 4. The molecule has 2 aromatic carbocycles. The molecule has 0 aliphatic heterocycles. The van der Waals surface area contributed by atoms with Crippen LogP contribution in [-0.2, 0) is 10.0 Å². The van der Waals surface area contributed by atoms with Crippen LogP contribution >= 0.6 is 0 Å². The van der Waals surface area contributed by atoms with Crippen molar-refractivity contribution in [2.45, 2.75) is 18.7 Å². The van der Waals surface area contributed by atoms with Crippen LogP contribution in [0.15, 0.2) is 41.3 Å². The van der Waals surface area contributed by atoms with Crippen LogP contribution in [0.25, 0.3) is 0 Å². The van der Waals surface area contributed by atoms with E-state index in [1.54, 1.807) is 32.0 Å². The molecule has 5 nitrogen and oxygen atoms in total. The van der Waals surface area contributed by atoms with Crippen molar-refractivity contribution in [1.29, 1.82) is 5.26 Å². The molecular weight excluding hydrogens is 288 g/mol. The number of sulfonamides is 1. The highest BCUT2D eigenvalue weighted by molar-refractivity contribution is 7.92. The van der Waals surface area contributed by atoms with Gasteiger partial charge in [0.2, 0.25) is 0 Å². The van der Waals surface area contributed by atoms with Gasteiger partial charge >= 0.3 is 0 Å². The zero-order valence-corrected chi connectivity index (χ0v) is 12.4. The van der Waals surface area contributed by atoms with E-state index in [0.29, 0.717) is 5.56 Å². The molecule has 2 N–H and O–H groups in total. The van der Waals surface area contributed by atoms with Gasteiger partial charge in [0.1, 0.15) is 5.75 Å². The molecule has 0 fully saturated rings. The smallest absolute Gasteiger partial charge is 0.262 e. The number of phenols is 1. The Kier molecular flexibility index (Phi) is 3.87. The number of benzene rings is 2. The largest absolute Gasteiger partial charge is 0.506 e. The maximum absolute atomic E-state index is 12.4. The Bertz CT molecular complexity index is 836. The highest BCUT2D eigenvalue weighted by atomic mass is 32.2. The summed E-state index contributed by atoms with van der Waals surface area (Å²) in [6.45, 7) is 3.44. The highest BCUT2D eigenvalue weighted by Crippen LogP contribution is 2.27. The molecule has 0 spiro atoms. The van der Waals surface area contributed by atoms with Gasteiger partial charge in [0, 0.05) is 0 Å². The number of anilines is 1. The third-order valence-corrected chi connectivity index (χ3v) is 4.51. The number of nitrogens with zero attached hydrogens (tertiary/aromatic N) is 1. The minimum Gasteiger partial charge on any atom is -0.506 e. The summed E-state index contributed by atoms with van der Waals surface area (Å²) in [5.74, 6) is -0.154. The first kappa shape index (κ1) is 14.9. The van der Waals surface area contributed by atoms with Gasteiger partial charge in [-0.25, -0.2) is 8.42 Å². The van der Waals surface area contributed by atoms with Crippen LogP contribution in [0.3, 0.4) is 0 Å². The van der Waals surface area contributed by atoms with Gasteiger partial charge in [0.15, 0.2) is 0 Å². The second kappa shape index (κ2) is 5.46. The maximum Gasteiger partial charge on any atom is 0.262 e. The lowest BCUT2D eigenvalue weighted by atomic mass is 10.2. The van der Waals surface area contributed by atoms with Gasteiger partial charge in [0.25, 0.3) is 10.0 Å². The Balaban J connectivity index is 2.48. The Labute approximate surface area is 123 Å². The number of nitriles is 1. The summed E-state index contributed by atoms with van der Waals surface area (Å²) in [6, 6.07) is 11.0. The second-order valence-electron chi connectivity index (χ2n) is 4.72. The maximum atomic E-state index is 12.4. The molecule has 2 aromatic rings. The summed E-state index contributed by atoms with van der Waals surface area (Å²) in [7, 11) is -3.88. The average Bonchev–Trinajstić information content (AvgIpc) is 2.43. The lowest BCUT2D eigenvalue weighted by Crippen LogP contribution is -2.14. The third kappa shape index (κ3) is 3.15. The molecule has 0 atom stereocenters. The molecule has 21 heavy (non-hydrogen) atoms. The van der Waals surface area contributed by atoms with Crippen LogP contribution in [0.5, 0.6) is 5.75 Å². The summed E-state index contributed by atoms with van der Waals surface area (Å²) in [5.41, 5.74) is 1.70. The van der Waals surface area contributed by atoms with Crippen LogP contribution < -0.4 is 4.72 Å². The molecule has 0 unspecified atom stereocenters. The van der Waals surface area contributed by atoms with E-state index in [9.17, 15) is 13.5 Å². The molecule has 0 saturated heterocycles. The molecule has 2 rings (SSSR count). The summed E-state index contributed by atoms with van der Waals surface area (Å²) in [6.07, 6.45) is 0. The minimum atomic E-state index is -3.88. The van der Waals surface area contributed by atoms with Crippen molar-refractivity contribution in [3.05, 3.63) is 53.1 Å². The lowest BCUT2D eigenvalue weighted by molar-refractivity contribution is 0.477. The van der Waals surface area contributed by atoms with Crippen LogP contribution in [0.4, 0.5) is 5.69 Å². The van der Waals surface area contributed by atoms with Crippen LogP contribution in [0.1, 0.15) is 16.7 Å². The van der Waals surface area contributed by atoms with Crippen LogP contribution in [0.2, 0.25) is 0 Å². The van der Waals surface area contributed by atoms with E-state index in [-0.39, 0.29) is 21.9 Å². The Hall–Kier alpha value is -2.52. The fourth-order valence-corrected chi connectivity index (χ4v) is 3.23. The van der Waals surface area contributed by atoms with Crippen molar-refractivity contribution >= 4 is 15.7 Å². The molecule has 0 aromatic heterocycles. The van der Waals surface area contributed by atoms with E-state index in [0.717, 1.165) is 5.56 Å². The second-order valence-corrected chi connectivity index (χ2v) is 6.37. The first-order chi connectivity index (χ1) is 9.83. The summed E-state index contributed by atoms with van der Waals surface area (Å²) in [4.78, 5) is 0.0162. The molecule has 0 aliphatic carbocycles. The van der Waals surface area contributed by atoms with Gasteiger partial charge in [-0.3, -0.25) is 4.72 Å². The first-order valence-corrected chi connectivity index (χ1v) is 7.65. The molecule has 0 aliphatic rings. The number of phenolic OH excluding ortho intramolecular Hbond substituents is 1. The van der Waals surface area contributed by atoms with Crippen molar-refractivity contribution in [2.24, 2.45) is 0 Å². The molecule has 0 radical (unpaired) electrons. The average molecular weight is 302 g/mol. The number of hydrogen-bond donors (Lipinski definition) is 2. The van der Waals surface area contributed by atoms with Crippen molar-refractivity contribution in [1.82, 2.24) is 0 Å². The number of rotatable bonds is 3. The first-order valence-electron chi connectivity index (χ1n) is 6.16. The van der Waals surface area contributed by atoms with Crippen molar-refractivity contribution < 1.29 is 13.5 Å². The van der Waals surface area contributed by atoms with Gasteiger partial charge in [-0.15, -0.1) is 0 Å². The van der Waals surface area contributed by atoms with Crippen molar-refractivity contribution in [3.63, 3.8) is 0 Å². The third-order valence-electron chi connectivity index (χ3n) is 3.00. The van der Waals surface area contributed by atoms with Gasteiger partial charge in [-0.1, -0.05) is 12.1 Å². The Morgan fingerprint density at radius 3 is 2.52 bits per heavy atom. The van der Waals surface area contributed by atoms with Crippen LogP contribution in [-0.4, -0.2) is 13.5 Å². The summed E-state index contributed by atoms with van der Waals surface area (Å²) in [5, 5.41) is 18.6. The molecule has 0 bridgehead atoms. The number of aromatic hydroxyl groups is 1. The van der Waals surface area contributed by atoms with E-state index in [4.69, 9.17) is 5.26 Å². The van der Waals surface area contributed by atoms with Gasteiger partial charge in [-0.05, 0) is 49.2 Å². The fraction of sp³-hybridized carbons (Fsp3) is 0.133. The zero-order chi connectivity index (χ0) is 15.6. The van der Waals surface area contributed by atoms with Gasteiger partial charge in [0.05, 0.1) is 22.2 Å². The molecular formula is C15H14N2O3S. The van der Waals surface area contributed by atoms with Crippen molar-refractivity contribution in [3.8, 4) is 11.8 Å². The quantitative estimate of drug-likeness (QED) is 0.853. The minimum absolute atomic E-state index is 0.0162. The Morgan fingerprint density at radius 1 is 1.14 bits per heavy atom. The normalized spacial score (nSPS) is 10.9. The summed E-state index contributed by atoms with van der Waals surface area (Å²) < 4.78 is 27.2. The molecule has 6 heteroatoms. The highest BCUT2D eigenvalue weighted by Gasteiger charge is 2.19. The van der Waals surface area contributed by atoms with Gasteiger partial charge < -0.3 is 5.11 Å². The Morgan fingerprint density at radius 2 is 1.86 bits per heavy atom. The van der Waals surface area contributed by atoms with E-state index >= 15 is 0 Å². The predicted octanol–water partition coefficient (Wildman–Crippen LogP) is 2.68. The predicted molar refractivity (Wildman–Crippen MR) is 79.5 cm³/mol. The zero-order valence-electron chi connectivity index (χ0n) is 11.6. The van der Waals surface area contributed by atoms with Crippen LogP contribution in [0, 0.1) is 25.2 Å². The van der Waals surface area contributed by atoms with E-state index < -0.39 is 10.0 Å².